The number of halogens is 1. The second-order valence-electron chi connectivity index (χ2n) is 4.61. The molecule has 2 aromatic heterocycles. The number of H-pyrrole nitrogens is 1. The molecular weight excluding hydrogens is 286 g/mol. The standard InChI is InChI=1S/C16H15N3O.ClH/c20-16(13-4-3-8-17-10-13)18-9-7-12-11-19-15-6-2-1-5-14(12)15;/h1-6,8,10-11,19H,7,9H2,(H,18,20);1H. The molecule has 0 aliphatic rings. The molecule has 0 spiro atoms. The summed E-state index contributed by atoms with van der Waals surface area (Å²) in [4.78, 5) is 19.1. The summed E-state index contributed by atoms with van der Waals surface area (Å²) >= 11 is 0. The SMILES string of the molecule is Cl.O=C(NCCc1c[nH]c2ccccc12)c1cccnc1. The number of fused-ring (bicyclic) bond motifs is 1. The fourth-order valence-electron chi connectivity index (χ4n) is 2.25. The molecule has 0 bridgehead atoms. The van der Waals surface area contributed by atoms with E-state index in [0.717, 1.165) is 11.9 Å². The van der Waals surface area contributed by atoms with Crippen LogP contribution >= 0.6 is 12.4 Å². The summed E-state index contributed by atoms with van der Waals surface area (Å²) in [7, 11) is 0. The predicted octanol–water partition coefficient (Wildman–Crippen LogP) is 2.96. The van der Waals surface area contributed by atoms with E-state index < -0.39 is 0 Å². The molecule has 0 aliphatic heterocycles. The lowest BCUT2D eigenvalue weighted by molar-refractivity contribution is 0.0954. The van der Waals surface area contributed by atoms with Gasteiger partial charge in [0.15, 0.2) is 0 Å². The molecule has 1 aromatic carbocycles. The van der Waals surface area contributed by atoms with E-state index in [1.54, 1.807) is 24.5 Å². The van der Waals surface area contributed by atoms with Crippen LogP contribution in [0.2, 0.25) is 0 Å². The van der Waals surface area contributed by atoms with E-state index >= 15 is 0 Å². The van der Waals surface area contributed by atoms with E-state index in [4.69, 9.17) is 0 Å². The molecule has 0 radical (unpaired) electrons. The molecule has 3 rings (SSSR count). The van der Waals surface area contributed by atoms with Gasteiger partial charge in [0.05, 0.1) is 5.56 Å². The van der Waals surface area contributed by atoms with Crippen molar-refractivity contribution in [2.75, 3.05) is 6.54 Å². The zero-order valence-electron chi connectivity index (χ0n) is 11.4. The first-order valence-electron chi connectivity index (χ1n) is 6.58. The Bertz CT molecular complexity index is 724. The van der Waals surface area contributed by atoms with Crippen LogP contribution in [0.1, 0.15) is 15.9 Å². The Balaban J connectivity index is 0.00000161. The van der Waals surface area contributed by atoms with E-state index in [1.807, 2.05) is 24.4 Å². The molecular formula is C16H16ClN3O. The molecule has 0 fully saturated rings. The quantitative estimate of drug-likeness (QED) is 0.778. The Kier molecular flexibility index (Phi) is 4.95. The van der Waals surface area contributed by atoms with Gasteiger partial charge in [0.1, 0.15) is 0 Å². The molecule has 0 saturated heterocycles. The maximum absolute atomic E-state index is 11.9. The lowest BCUT2D eigenvalue weighted by atomic mass is 10.1. The number of amides is 1. The maximum atomic E-state index is 11.9. The molecule has 21 heavy (non-hydrogen) atoms. The average Bonchev–Trinajstić information content (AvgIpc) is 2.92. The summed E-state index contributed by atoms with van der Waals surface area (Å²) in [5.74, 6) is -0.0852. The van der Waals surface area contributed by atoms with E-state index in [1.165, 1.54) is 10.9 Å². The zero-order chi connectivity index (χ0) is 13.8. The van der Waals surface area contributed by atoms with Crippen LogP contribution in [0.25, 0.3) is 10.9 Å². The minimum Gasteiger partial charge on any atom is -0.361 e. The Morgan fingerprint density at radius 1 is 1.19 bits per heavy atom. The highest BCUT2D eigenvalue weighted by Gasteiger charge is 2.06. The molecule has 0 unspecified atom stereocenters. The molecule has 2 heterocycles. The average molecular weight is 302 g/mol. The second-order valence-corrected chi connectivity index (χ2v) is 4.61. The van der Waals surface area contributed by atoms with Gasteiger partial charge in [-0.25, -0.2) is 0 Å². The molecule has 1 amide bonds. The third-order valence-electron chi connectivity index (χ3n) is 3.28. The molecule has 0 atom stereocenters. The van der Waals surface area contributed by atoms with Crippen molar-refractivity contribution in [2.24, 2.45) is 0 Å². The number of para-hydroxylation sites is 1. The summed E-state index contributed by atoms with van der Waals surface area (Å²) in [6.45, 7) is 0.607. The van der Waals surface area contributed by atoms with Crippen LogP contribution in [0.15, 0.2) is 55.0 Å². The smallest absolute Gasteiger partial charge is 0.252 e. The van der Waals surface area contributed by atoms with Crippen molar-refractivity contribution in [3.05, 3.63) is 66.1 Å². The number of benzene rings is 1. The lowest BCUT2D eigenvalue weighted by Gasteiger charge is -2.04. The second kappa shape index (κ2) is 6.90. The lowest BCUT2D eigenvalue weighted by Crippen LogP contribution is -2.25. The highest BCUT2D eigenvalue weighted by atomic mass is 35.5. The maximum Gasteiger partial charge on any atom is 0.252 e. The van der Waals surface area contributed by atoms with Gasteiger partial charge in [-0.15, -0.1) is 12.4 Å². The fourth-order valence-corrected chi connectivity index (χ4v) is 2.25. The van der Waals surface area contributed by atoms with Crippen molar-refractivity contribution in [3.63, 3.8) is 0 Å². The molecule has 3 aromatic rings. The molecule has 108 valence electrons. The van der Waals surface area contributed by atoms with E-state index in [-0.39, 0.29) is 18.3 Å². The summed E-state index contributed by atoms with van der Waals surface area (Å²) in [6, 6.07) is 11.7. The van der Waals surface area contributed by atoms with Crippen molar-refractivity contribution in [1.82, 2.24) is 15.3 Å². The van der Waals surface area contributed by atoms with Crippen LogP contribution in [-0.2, 0) is 6.42 Å². The van der Waals surface area contributed by atoms with Crippen LogP contribution < -0.4 is 5.32 Å². The number of nitrogens with zero attached hydrogens (tertiary/aromatic N) is 1. The predicted molar refractivity (Wildman–Crippen MR) is 85.8 cm³/mol. The molecule has 5 heteroatoms. The summed E-state index contributed by atoms with van der Waals surface area (Å²) in [6.07, 6.45) is 6.03. The number of nitrogens with one attached hydrogen (secondary N) is 2. The van der Waals surface area contributed by atoms with Crippen LogP contribution in [0, 0.1) is 0 Å². The zero-order valence-corrected chi connectivity index (χ0v) is 12.2. The van der Waals surface area contributed by atoms with Gasteiger partial charge < -0.3 is 10.3 Å². The van der Waals surface area contributed by atoms with Crippen molar-refractivity contribution >= 4 is 29.2 Å². The first kappa shape index (κ1) is 15.1. The fraction of sp³-hybridized carbons (Fsp3) is 0.125. The summed E-state index contributed by atoms with van der Waals surface area (Å²) in [5.41, 5.74) is 2.93. The number of hydrogen-bond acceptors (Lipinski definition) is 2. The largest absolute Gasteiger partial charge is 0.361 e. The Labute approximate surface area is 129 Å². The van der Waals surface area contributed by atoms with Crippen LogP contribution in [-0.4, -0.2) is 22.4 Å². The van der Waals surface area contributed by atoms with Crippen LogP contribution in [0.3, 0.4) is 0 Å². The van der Waals surface area contributed by atoms with E-state index in [9.17, 15) is 4.79 Å². The minimum atomic E-state index is -0.0852. The van der Waals surface area contributed by atoms with E-state index in [0.29, 0.717) is 12.1 Å². The number of rotatable bonds is 4. The van der Waals surface area contributed by atoms with Gasteiger partial charge in [0.2, 0.25) is 0 Å². The highest BCUT2D eigenvalue weighted by molar-refractivity contribution is 5.93. The van der Waals surface area contributed by atoms with Crippen molar-refractivity contribution in [3.8, 4) is 0 Å². The number of aromatic amines is 1. The number of carbonyl (C=O) groups is 1. The van der Waals surface area contributed by atoms with E-state index in [2.05, 4.69) is 21.4 Å². The van der Waals surface area contributed by atoms with Crippen LogP contribution in [0.5, 0.6) is 0 Å². The van der Waals surface area contributed by atoms with Crippen molar-refractivity contribution in [2.45, 2.75) is 6.42 Å². The van der Waals surface area contributed by atoms with Crippen molar-refractivity contribution < 1.29 is 4.79 Å². The molecule has 4 nitrogen and oxygen atoms in total. The van der Waals surface area contributed by atoms with Gasteiger partial charge in [-0.3, -0.25) is 9.78 Å². The third-order valence-corrected chi connectivity index (χ3v) is 3.28. The summed E-state index contributed by atoms with van der Waals surface area (Å²) in [5, 5.41) is 4.12. The van der Waals surface area contributed by atoms with Gasteiger partial charge >= 0.3 is 0 Å². The van der Waals surface area contributed by atoms with Gasteiger partial charge in [0.25, 0.3) is 5.91 Å². The number of hydrogen-bond donors (Lipinski definition) is 2. The van der Waals surface area contributed by atoms with Crippen molar-refractivity contribution in [1.29, 1.82) is 0 Å². The highest BCUT2D eigenvalue weighted by Crippen LogP contribution is 2.17. The molecule has 2 N–H and O–H groups in total. The normalized spacial score (nSPS) is 10.1. The van der Waals surface area contributed by atoms with Crippen LogP contribution in [0.4, 0.5) is 0 Å². The van der Waals surface area contributed by atoms with Gasteiger partial charge in [-0.2, -0.15) is 0 Å². The van der Waals surface area contributed by atoms with Gasteiger partial charge in [0, 0.05) is 36.0 Å². The number of pyridine rings is 1. The molecule has 0 saturated carbocycles. The third kappa shape index (κ3) is 3.41. The minimum absolute atomic E-state index is 0. The van der Waals surface area contributed by atoms with Gasteiger partial charge in [-0.1, -0.05) is 18.2 Å². The summed E-state index contributed by atoms with van der Waals surface area (Å²) < 4.78 is 0. The number of aromatic nitrogens is 2. The Morgan fingerprint density at radius 2 is 2.05 bits per heavy atom. The van der Waals surface area contributed by atoms with Gasteiger partial charge in [-0.05, 0) is 30.2 Å². The first-order chi connectivity index (χ1) is 9.84. The topological polar surface area (TPSA) is 57.8 Å². The molecule has 0 aliphatic carbocycles. The Morgan fingerprint density at radius 3 is 2.86 bits per heavy atom. The monoisotopic (exact) mass is 301 g/mol. The Hall–Kier alpha value is -2.33. The number of carbonyl (C=O) groups excluding carboxylic acids is 1. The first-order valence-corrected chi connectivity index (χ1v) is 6.58.